The fourth-order valence-electron chi connectivity index (χ4n) is 3.84. The van der Waals surface area contributed by atoms with Crippen LogP contribution >= 0.6 is 0 Å². The van der Waals surface area contributed by atoms with E-state index in [2.05, 4.69) is 28.2 Å². The molecular formula is C24H42N6O2. The second-order valence-electron chi connectivity index (χ2n) is 9.50. The van der Waals surface area contributed by atoms with E-state index in [-0.39, 0.29) is 6.09 Å². The first kappa shape index (κ1) is 25.7. The molecule has 1 aliphatic rings. The molecule has 180 valence electrons. The number of aromatic nitrogens is 1. The van der Waals surface area contributed by atoms with Crippen LogP contribution in [0.4, 0.5) is 10.6 Å². The summed E-state index contributed by atoms with van der Waals surface area (Å²) in [6.07, 6.45) is 3.65. The predicted molar refractivity (Wildman–Crippen MR) is 131 cm³/mol. The molecule has 0 aromatic carbocycles. The number of carbonyl (C=O) groups excluding carboxylic acids is 1. The van der Waals surface area contributed by atoms with E-state index in [1.165, 1.54) is 0 Å². The van der Waals surface area contributed by atoms with Crippen LogP contribution in [0.25, 0.3) is 0 Å². The zero-order valence-electron chi connectivity index (χ0n) is 21.0. The number of nitrogens with one attached hydrogen (secondary N) is 1. The largest absolute Gasteiger partial charge is 0.444 e. The van der Waals surface area contributed by atoms with E-state index in [1.54, 1.807) is 0 Å². The number of piperidine rings is 1. The average Bonchev–Trinajstić information content (AvgIpc) is 2.74. The molecule has 0 unspecified atom stereocenters. The molecule has 8 nitrogen and oxygen atoms in total. The molecule has 0 aliphatic carbocycles. The lowest BCUT2D eigenvalue weighted by Gasteiger charge is -2.36. The second-order valence-corrected chi connectivity index (χ2v) is 9.50. The molecule has 1 N–H and O–H groups in total. The van der Waals surface area contributed by atoms with Gasteiger partial charge in [-0.05, 0) is 59.4 Å². The zero-order chi connectivity index (χ0) is 23.7. The summed E-state index contributed by atoms with van der Waals surface area (Å²) in [7, 11) is 4.00. The molecule has 1 aromatic rings. The predicted octanol–water partition coefficient (Wildman–Crippen LogP) is 3.58. The molecule has 0 bridgehead atoms. The summed E-state index contributed by atoms with van der Waals surface area (Å²) < 4.78 is 5.56. The van der Waals surface area contributed by atoms with Crippen molar-refractivity contribution >= 4 is 17.9 Å². The van der Waals surface area contributed by atoms with E-state index in [0.29, 0.717) is 19.0 Å². The first-order chi connectivity index (χ1) is 15.1. The third kappa shape index (κ3) is 7.88. The number of nitrogens with zero attached hydrogens (tertiary/aromatic N) is 5. The lowest BCUT2D eigenvalue weighted by molar-refractivity contribution is 0.0214. The number of ether oxygens (including phenoxy) is 1. The smallest absolute Gasteiger partial charge is 0.410 e. The lowest BCUT2D eigenvalue weighted by Crippen LogP contribution is -2.47. The van der Waals surface area contributed by atoms with Gasteiger partial charge in [0.05, 0.1) is 6.54 Å². The van der Waals surface area contributed by atoms with Gasteiger partial charge in [0.2, 0.25) is 0 Å². The van der Waals surface area contributed by atoms with Gasteiger partial charge in [-0.25, -0.2) is 14.8 Å². The number of hydrogen-bond acceptors (Lipinski definition) is 5. The molecule has 0 saturated carbocycles. The van der Waals surface area contributed by atoms with Gasteiger partial charge in [-0.3, -0.25) is 0 Å². The van der Waals surface area contributed by atoms with Gasteiger partial charge in [-0.1, -0.05) is 6.07 Å². The summed E-state index contributed by atoms with van der Waals surface area (Å²) in [6, 6.07) is 4.04. The van der Waals surface area contributed by atoms with Gasteiger partial charge in [0.15, 0.2) is 5.96 Å². The summed E-state index contributed by atoms with van der Waals surface area (Å²) in [4.78, 5) is 28.0. The third-order valence-electron chi connectivity index (χ3n) is 5.45. The van der Waals surface area contributed by atoms with Crippen LogP contribution in [0.3, 0.4) is 0 Å². The van der Waals surface area contributed by atoms with E-state index >= 15 is 0 Å². The Labute approximate surface area is 194 Å². The number of anilines is 1. The van der Waals surface area contributed by atoms with E-state index in [0.717, 1.165) is 56.4 Å². The van der Waals surface area contributed by atoms with Crippen molar-refractivity contribution in [2.45, 2.75) is 59.6 Å². The fraction of sp³-hybridized carbons (Fsp3) is 0.708. The molecule has 1 aromatic heterocycles. The van der Waals surface area contributed by atoms with Gasteiger partial charge in [-0.2, -0.15) is 0 Å². The highest BCUT2D eigenvalue weighted by Crippen LogP contribution is 2.21. The highest BCUT2D eigenvalue weighted by molar-refractivity contribution is 5.80. The van der Waals surface area contributed by atoms with Crippen LogP contribution in [-0.2, 0) is 11.3 Å². The molecule has 32 heavy (non-hydrogen) atoms. The molecule has 1 fully saturated rings. The molecule has 1 amide bonds. The number of amides is 1. The Balaban J connectivity index is 1.97. The minimum Gasteiger partial charge on any atom is -0.444 e. The molecular weight excluding hydrogens is 404 g/mol. The van der Waals surface area contributed by atoms with Crippen LogP contribution < -0.4 is 10.2 Å². The molecule has 2 heterocycles. The van der Waals surface area contributed by atoms with Crippen LogP contribution in [0, 0.1) is 5.92 Å². The van der Waals surface area contributed by atoms with Gasteiger partial charge in [0, 0.05) is 58.6 Å². The Morgan fingerprint density at radius 2 is 1.97 bits per heavy atom. The van der Waals surface area contributed by atoms with Crippen LogP contribution in [-0.4, -0.2) is 79.3 Å². The summed E-state index contributed by atoms with van der Waals surface area (Å²) in [6.45, 7) is 14.5. The molecule has 1 saturated heterocycles. The number of pyridine rings is 1. The number of carbonyl (C=O) groups is 1. The normalized spacial score (nSPS) is 15.5. The zero-order valence-corrected chi connectivity index (χ0v) is 21.0. The molecule has 0 atom stereocenters. The minimum atomic E-state index is -0.466. The number of rotatable bonds is 7. The Morgan fingerprint density at radius 3 is 2.53 bits per heavy atom. The first-order valence-corrected chi connectivity index (χ1v) is 11.8. The van der Waals surface area contributed by atoms with Gasteiger partial charge in [-0.15, -0.1) is 0 Å². The lowest BCUT2D eigenvalue weighted by atomic mass is 9.96. The number of aliphatic imine (C=N–C) groups is 1. The van der Waals surface area contributed by atoms with Crippen LogP contribution in [0.5, 0.6) is 0 Å². The van der Waals surface area contributed by atoms with Gasteiger partial charge < -0.3 is 24.8 Å². The number of guanidine groups is 1. The summed E-state index contributed by atoms with van der Waals surface area (Å²) in [5.74, 6) is 2.37. The van der Waals surface area contributed by atoms with Crippen molar-refractivity contribution < 1.29 is 9.53 Å². The molecule has 0 radical (unpaired) electrons. The van der Waals surface area contributed by atoms with Crippen molar-refractivity contribution in [2.75, 3.05) is 51.7 Å². The Kier molecular flexibility index (Phi) is 9.60. The van der Waals surface area contributed by atoms with Gasteiger partial charge in [0.1, 0.15) is 11.4 Å². The van der Waals surface area contributed by atoms with Crippen LogP contribution in [0.1, 0.15) is 53.0 Å². The molecule has 2 rings (SSSR count). The van der Waals surface area contributed by atoms with Crippen molar-refractivity contribution in [3.05, 3.63) is 23.9 Å². The molecule has 1 aliphatic heterocycles. The summed E-state index contributed by atoms with van der Waals surface area (Å²) in [5.41, 5.74) is 0.643. The number of likely N-dealkylation sites (tertiary alicyclic amines) is 1. The first-order valence-electron chi connectivity index (χ1n) is 11.8. The fourth-order valence-corrected chi connectivity index (χ4v) is 3.84. The van der Waals surface area contributed by atoms with Crippen LogP contribution in [0.2, 0.25) is 0 Å². The topological polar surface area (TPSA) is 73.3 Å². The average molecular weight is 447 g/mol. The van der Waals surface area contributed by atoms with E-state index < -0.39 is 5.60 Å². The van der Waals surface area contributed by atoms with E-state index in [9.17, 15) is 4.79 Å². The molecule has 8 heteroatoms. The minimum absolute atomic E-state index is 0.217. The Hall–Kier alpha value is -2.51. The number of hydrogen-bond donors (Lipinski definition) is 1. The summed E-state index contributed by atoms with van der Waals surface area (Å²) in [5, 5.41) is 3.44. The van der Waals surface area contributed by atoms with Gasteiger partial charge >= 0.3 is 6.09 Å². The highest BCUT2D eigenvalue weighted by atomic mass is 16.6. The van der Waals surface area contributed by atoms with Crippen molar-refractivity contribution in [1.29, 1.82) is 0 Å². The van der Waals surface area contributed by atoms with E-state index in [4.69, 9.17) is 9.73 Å². The monoisotopic (exact) mass is 446 g/mol. The second kappa shape index (κ2) is 11.9. The Morgan fingerprint density at radius 1 is 1.28 bits per heavy atom. The third-order valence-corrected chi connectivity index (χ3v) is 5.45. The van der Waals surface area contributed by atoms with Crippen molar-refractivity contribution in [2.24, 2.45) is 10.9 Å². The van der Waals surface area contributed by atoms with E-state index in [1.807, 2.05) is 63.9 Å². The van der Waals surface area contributed by atoms with Crippen molar-refractivity contribution in [3.8, 4) is 0 Å². The Bertz CT molecular complexity index is 751. The quantitative estimate of drug-likeness (QED) is 0.510. The SMILES string of the molecule is CCNC(=NCc1cccnc1N(C)C)N1CCC(CN(CC)C(=O)OC(C)(C)C)CC1. The van der Waals surface area contributed by atoms with Crippen molar-refractivity contribution in [3.63, 3.8) is 0 Å². The summed E-state index contributed by atoms with van der Waals surface area (Å²) >= 11 is 0. The standard InChI is InChI=1S/C24H42N6O2/c1-8-25-22(27-17-20-11-10-14-26-21(20)28(6)7)30-15-12-19(13-16-30)18-29(9-2)23(31)32-24(3,4)5/h10-11,14,19H,8-9,12-13,15-18H2,1-7H3,(H,25,27). The highest BCUT2D eigenvalue weighted by Gasteiger charge is 2.27. The van der Waals surface area contributed by atoms with Crippen molar-refractivity contribution in [1.82, 2.24) is 20.1 Å². The maximum absolute atomic E-state index is 12.5. The maximum Gasteiger partial charge on any atom is 0.410 e. The van der Waals surface area contributed by atoms with Gasteiger partial charge in [0.25, 0.3) is 0 Å². The van der Waals surface area contributed by atoms with Crippen LogP contribution in [0.15, 0.2) is 23.3 Å². The maximum atomic E-state index is 12.5. The molecule has 0 spiro atoms.